The SMILES string of the molecule is CC1CC(C(O)C2CCCC(S(C)(=O)=O)C2)CO1. The summed E-state index contributed by atoms with van der Waals surface area (Å²) in [6, 6.07) is 0. The van der Waals surface area contributed by atoms with E-state index in [0.29, 0.717) is 13.0 Å². The Kier molecular flexibility index (Phi) is 4.34. The Labute approximate surface area is 110 Å². The van der Waals surface area contributed by atoms with Gasteiger partial charge in [-0.25, -0.2) is 8.42 Å². The van der Waals surface area contributed by atoms with Crippen LogP contribution in [-0.4, -0.2) is 43.8 Å². The number of rotatable bonds is 3. The smallest absolute Gasteiger partial charge is 0.150 e. The van der Waals surface area contributed by atoms with E-state index in [1.807, 2.05) is 6.92 Å². The van der Waals surface area contributed by atoms with Gasteiger partial charge in [-0.05, 0) is 38.5 Å². The van der Waals surface area contributed by atoms with Crippen LogP contribution in [0.4, 0.5) is 0 Å². The van der Waals surface area contributed by atoms with Gasteiger partial charge in [0.25, 0.3) is 0 Å². The van der Waals surface area contributed by atoms with E-state index in [2.05, 4.69) is 0 Å². The van der Waals surface area contributed by atoms with Crippen LogP contribution < -0.4 is 0 Å². The summed E-state index contributed by atoms with van der Waals surface area (Å²) in [5, 5.41) is 10.1. The standard InChI is InChI=1S/C13H24O4S/c1-9-6-11(8-17-9)13(14)10-4-3-5-12(7-10)18(2,15)16/h9-14H,3-8H2,1-2H3. The molecule has 5 heteroatoms. The Morgan fingerprint density at radius 3 is 2.50 bits per heavy atom. The fraction of sp³-hybridized carbons (Fsp3) is 1.00. The molecule has 106 valence electrons. The minimum atomic E-state index is -2.97. The molecule has 1 aliphatic heterocycles. The summed E-state index contributed by atoms with van der Waals surface area (Å²) in [6.45, 7) is 2.63. The molecule has 2 rings (SSSR count). The Hall–Kier alpha value is -0.130. The molecule has 1 N–H and O–H groups in total. The third kappa shape index (κ3) is 3.25. The summed E-state index contributed by atoms with van der Waals surface area (Å²) in [5.74, 6) is 0.306. The van der Waals surface area contributed by atoms with Crippen molar-refractivity contribution in [2.45, 2.75) is 56.5 Å². The van der Waals surface area contributed by atoms with Crippen LogP contribution in [0.25, 0.3) is 0 Å². The Bertz CT molecular complexity index is 378. The van der Waals surface area contributed by atoms with Crippen molar-refractivity contribution in [3.63, 3.8) is 0 Å². The molecule has 0 aromatic rings. The number of sulfone groups is 1. The second kappa shape index (κ2) is 5.47. The lowest BCUT2D eigenvalue weighted by Gasteiger charge is -2.33. The first-order valence-electron chi connectivity index (χ1n) is 6.86. The maximum absolute atomic E-state index is 11.6. The monoisotopic (exact) mass is 276 g/mol. The lowest BCUT2D eigenvalue weighted by Crippen LogP contribution is -2.37. The van der Waals surface area contributed by atoms with Crippen molar-refractivity contribution in [2.75, 3.05) is 12.9 Å². The van der Waals surface area contributed by atoms with Gasteiger partial charge in [-0.2, -0.15) is 0 Å². The van der Waals surface area contributed by atoms with Gasteiger partial charge in [0.2, 0.25) is 0 Å². The van der Waals surface area contributed by atoms with Crippen molar-refractivity contribution in [2.24, 2.45) is 11.8 Å². The van der Waals surface area contributed by atoms with Crippen molar-refractivity contribution >= 4 is 9.84 Å². The molecule has 5 unspecified atom stereocenters. The van der Waals surface area contributed by atoms with Gasteiger partial charge < -0.3 is 9.84 Å². The minimum absolute atomic E-state index is 0.123. The van der Waals surface area contributed by atoms with E-state index in [0.717, 1.165) is 25.7 Å². The van der Waals surface area contributed by atoms with Crippen molar-refractivity contribution in [3.05, 3.63) is 0 Å². The van der Waals surface area contributed by atoms with E-state index in [1.165, 1.54) is 6.26 Å². The molecule has 0 aromatic heterocycles. The summed E-state index contributed by atoms with van der Waals surface area (Å²) in [4.78, 5) is 0. The lowest BCUT2D eigenvalue weighted by molar-refractivity contribution is 0.0268. The zero-order valence-corrected chi connectivity index (χ0v) is 12.0. The van der Waals surface area contributed by atoms with Gasteiger partial charge >= 0.3 is 0 Å². The van der Waals surface area contributed by atoms with E-state index in [9.17, 15) is 13.5 Å². The Morgan fingerprint density at radius 1 is 1.22 bits per heavy atom. The van der Waals surface area contributed by atoms with Crippen LogP contribution >= 0.6 is 0 Å². The topological polar surface area (TPSA) is 63.6 Å². The van der Waals surface area contributed by atoms with E-state index < -0.39 is 15.9 Å². The summed E-state index contributed by atoms with van der Waals surface area (Å²) < 4.78 is 28.7. The fourth-order valence-corrected chi connectivity index (χ4v) is 4.54. The molecular weight excluding hydrogens is 252 g/mol. The van der Waals surface area contributed by atoms with Crippen LogP contribution in [0, 0.1) is 11.8 Å². The van der Waals surface area contributed by atoms with Gasteiger partial charge in [-0.3, -0.25) is 0 Å². The normalized spacial score (nSPS) is 39.7. The molecule has 0 bridgehead atoms. The second-order valence-corrected chi connectivity index (χ2v) is 8.33. The average Bonchev–Trinajstić information content (AvgIpc) is 2.74. The third-order valence-electron chi connectivity index (χ3n) is 4.47. The Balaban J connectivity index is 1.96. The van der Waals surface area contributed by atoms with Crippen molar-refractivity contribution in [1.82, 2.24) is 0 Å². The molecule has 1 saturated heterocycles. The van der Waals surface area contributed by atoms with E-state index in [1.54, 1.807) is 0 Å². The largest absolute Gasteiger partial charge is 0.392 e. The zero-order chi connectivity index (χ0) is 13.3. The Morgan fingerprint density at radius 2 is 1.94 bits per heavy atom. The average molecular weight is 276 g/mol. The van der Waals surface area contributed by atoms with Gasteiger partial charge in [-0.15, -0.1) is 0 Å². The molecule has 1 aliphatic carbocycles. The molecule has 5 atom stereocenters. The highest BCUT2D eigenvalue weighted by atomic mass is 32.2. The lowest BCUT2D eigenvalue weighted by atomic mass is 9.79. The van der Waals surface area contributed by atoms with Crippen molar-refractivity contribution in [3.8, 4) is 0 Å². The van der Waals surface area contributed by atoms with Gasteiger partial charge in [0.05, 0.1) is 24.1 Å². The third-order valence-corrected chi connectivity index (χ3v) is 6.11. The molecule has 0 spiro atoms. The predicted molar refractivity (Wildman–Crippen MR) is 70.1 cm³/mol. The molecule has 1 heterocycles. The fourth-order valence-electron chi connectivity index (χ4n) is 3.35. The first-order chi connectivity index (χ1) is 8.38. The number of hydrogen-bond acceptors (Lipinski definition) is 4. The maximum Gasteiger partial charge on any atom is 0.150 e. The van der Waals surface area contributed by atoms with E-state index >= 15 is 0 Å². The molecule has 2 aliphatic rings. The summed E-state index contributed by atoms with van der Waals surface area (Å²) in [5.41, 5.74) is 0. The number of hydrogen-bond donors (Lipinski definition) is 1. The summed E-state index contributed by atoms with van der Waals surface area (Å²) >= 11 is 0. The van der Waals surface area contributed by atoms with Crippen LogP contribution in [0.2, 0.25) is 0 Å². The van der Waals surface area contributed by atoms with Crippen LogP contribution in [0.3, 0.4) is 0 Å². The van der Waals surface area contributed by atoms with Crippen LogP contribution in [0.15, 0.2) is 0 Å². The zero-order valence-electron chi connectivity index (χ0n) is 11.2. The first-order valence-corrected chi connectivity index (χ1v) is 8.82. The molecule has 18 heavy (non-hydrogen) atoms. The first kappa shape index (κ1) is 14.3. The molecule has 1 saturated carbocycles. The van der Waals surface area contributed by atoms with Gasteiger partial charge in [0.15, 0.2) is 0 Å². The number of aliphatic hydroxyl groups excluding tert-OH is 1. The minimum Gasteiger partial charge on any atom is -0.392 e. The molecular formula is C13H24O4S. The van der Waals surface area contributed by atoms with Gasteiger partial charge in [-0.1, -0.05) is 6.42 Å². The molecule has 4 nitrogen and oxygen atoms in total. The molecule has 2 fully saturated rings. The van der Waals surface area contributed by atoms with Gasteiger partial charge in [0, 0.05) is 12.2 Å². The summed E-state index contributed by atoms with van der Waals surface area (Å²) in [6.07, 6.45) is 5.23. The van der Waals surface area contributed by atoms with E-state index in [4.69, 9.17) is 4.74 Å². The van der Waals surface area contributed by atoms with E-state index in [-0.39, 0.29) is 23.2 Å². The number of aliphatic hydroxyl groups is 1. The summed E-state index contributed by atoms with van der Waals surface area (Å²) in [7, 11) is -2.97. The van der Waals surface area contributed by atoms with Crippen molar-refractivity contribution in [1.29, 1.82) is 0 Å². The molecule has 0 radical (unpaired) electrons. The molecule has 0 aromatic carbocycles. The van der Waals surface area contributed by atoms with Gasteiger partial charge in [0.1, 0.15) is 9.84 Å². The highest BCUT2D eigenvalue weighted by molar-refractivity contribution is 7.91. The second-order valence-electron chi connectivity index (χ2n) is 6.01. The van der Waals surface area contributed by atoms with Crippen LogP contribution in [0.5, 0.6) is 0 Å². The highest BCUT2D eigenvalue weighted by Gasteiger charge is 2.37. The predicted octanol–water partition coefficient (Wildman–Crippen LogP) is 1.38. The van der Waals surface area contributed by atoms with Crippen LogP contribution in [0.1, 0.15) is 39.0 Å². The molecule has 0 amide bonds. The number of ether oxygens (including phenoxy) is 1. The van der Waals surface area contributed by atoms with Crippen molar-refractivity contribution < 1.29 is 18.3 Å². The van der Waals surface area contributed by atoms with Crippen LogP contribution in [-0.2, 0) is 14.6 Å². The highest BCUT2D eigenvalue weighted by Crippen LogP contribution is 2.35. The maximum atomic E-state index is 11.6. The quantitative estimate of drug-likeness (QED) is 0.846.